The molecule has 0 aliphatic carbocycles. The van der Waals surface area contributed by atoms with Crippen LogP contribution in [0.1, 0.15) is 11.4 Å². The van der Waals surface area contributed by atoms with Crippen molar-refractivity contribution in [1.29, 1.82) is 0 Å². The SMILES string of the molecule is COCCNCc1ncnn1Cc1ccccc1Cl. The molecule has 2 rings (SSSR count). The molecule has 0 saturated carbocycles. The lowest BCUT2D eigenvalue weighted by Crippen LogP contribution is -2.21. The van der Waals surface area contributed by atoms with Gasteiger partial charge in [0, 0.05) is 18.7 Å². The Balaban J connectivity index is 1.98. The first-order valence-electron chi connectivity index (χ1n) is 6.11. The minimum atomic E-state index is 0.626. The second kappa shape index (κ2) is 7.23. The Kier molecular flexibility index (Phi) is 5.32. The second-order valence-electron chi connectivity index (χ2n) is 4.09. The first kappa shape index (κ1) is 14.0. The lowest BCUT2D eigenvalue weighted by molar-refractivity contribution is 0.198. The smallest absolute Gasteiger partial charge is 0.141 e. The molecular weight excluding hydrogens is 264 g/mol. The molecule has 0 aliphatic heterocycles. The summed E-state index contributed by atoms with van der Waals surface area (Å²) in [5.74, 6) is 0.885. The molecule has 102 valence electrons. The number of nitrogens with one attached hydrogen (secondary N) is 1. The van der Waals surface area contributed by atoms with Gasteiger partial charge in [0.25, 0.3) is 0 Å². The highest BCUT2D eigenvalue weighted by Crippen LogP contribution is 2.16. The molecule has 2 aromatic rings. The number of ether oxygens (including phenoxy) is 1. The van der Waals surface area contributed by atoms with Gasteiger partial charge >= 0.3 is 0 Å². The molecule has 0 saturated heterocycles. The van der Waals surface area contributed by atoms with Crippen LogP contribution in [-0.4, -0.2) is 35.0 Å². The van der Waals surface area contributed by atoms with Crippen LogP contribution >= 0.6 is 11.6 Å². The van der Waals surface area contributed by atoms with Crippen molar-refractivity contribution in [3.05, 3.63) is 47.0 Å². The van der Waals surface area contributed by atoms with Crippen molar-refractivity contribution in [2.24, 2.45) is 0 Å². The van der Waals surface area contributed by atoms with Gasteiger partial charge in [0.15, 0.2) is 0 Å². The number of rotatable bonds is 7. The number of benzene rings is 1. The molecule has 0 aliphatic rings. The summed E-state index contributed by atoms with van der Waals surface area (Å²) in [5.41, 5.74) is 1.04. The van der Waals surface area contributed by atoms with Gasteiger partial charge in [-0.25, -0.2) is 9.67 Å². The molecule has 0 fully saturated rings. The lowest BCUT2D eigenvalue weighted by atomic mass is 10.2. The van der Waals surface area contributed by atoms with E-state index in [1.165, 1.54) is 0 Å². The van der Waals surface area contributed by atoms with Gasteiger partial charge in [0.1, 0.15) is 12.2 Å². The van der Waals surface area contributed by atoms with Gasteiger partial charge in [0.05, 0.1) is 19.7 Å². The molecule has 1 aromatic carbocycles. The number of hydrogen-bond acceptors (Lipinski definition) is 4. The highest BCUT2D eigenvalue weighted by Gasteiger charge is 2.06. The maximum absolute atomic E-state index is 6.15. The number of aromatic nitrogens is 3. The Morgan fingerprint density at radius 2 is 2.21 bits per heavy atom. The van der Waals surface area contributed by atoms with Crippen LogP contribution in [-0.2, 0) is 17.8 Å². The van der Waals surface area contributed by atoms with Gasteiger partial charge in [-0.1, -0.05) is 29.8 Å². The Labute approximate surface area is 117 Å². The van der Waals surface area contributed by atoms with Crippen molar-refractivity contribution < 1.29 is 4.74 Å². The van der Waals surface area contributed by atoms with Gasteiger partial charge in [0.2, 0.25) is 0 Å². The fourth-order valence-corrected chi connectivity index (χ4v) is 1.91. The Bertz CT molecular complexity index is 515. The maximum atomic E-state index is 6.15. The number of methoxy groups -OCH3 is 1. The van der Waals surface area contributed by atoms with Gasteiger partial charge in [-0.15, -0.1) is 0 Å². The Morgan fingerprint density at radius 3 is 3.00 bits per heavy atom. The standard InChI is InChI=1S/C13H17ClN4O/c1-19-7-6-15-8-13-16-10-17-18(13)9-11-4-2-3-5-12(11)14/h2-5,10,15H,6-9H2,1H3. The quantitative estimate of drug-likeness (QED) is 0.785. The van der Waals surface area contributed by atoms with Crippen molar-refractivity contribution in [3.63, 3.8) is 0 Å². The predicted octanol–water partition coefficient (Wildman–Crippen LogP) is 1.72. The van der Waals surface area contributed by atoms with Gasteiger partial charge < -0.3 is 10.1 Å². The van der Waals surface area contributed by atoms with E-state index in [-0.39, 0.29) is 0 Å². The zero-order valence-corrected chi connectivity index (χ0v) is 11.6. The molecule has 0 amide bonds. The fourth-order valence-electron chi connectivity index (χ4n) is 1.72. The van der Waals surface area contributed by atoms with Crippen LogP contribution in [0.15, 0.2) is 30.6 Å². The van der Waals surface area contributed by atoms with E-state index in [0.29, 0.717) is 19.7 Å². The first-order chi connectivity index (χ1) is 9.31. The molecule has 0 unspecified atom stereocenters. The molecule has 1 heterocycles. The predicted molar refractivity (Wildman–Crippen MR) is 74.2 cm³/mol. The van der Waals surface area contributed by atoms with Crippen molar-refractivity contribution in [3.8, 4) is 0 Å². The van der Waals surface area contributed by atoms with Crippen LogP contribution in [0.4, 0.5) is 0 Å². The molecule has 0 radical (unpaired) electrons. The summed E-state index contributed by atoms with van der Waals surface area (Å²) in [7, 11) is 1.68. The second-order valence-corrected chi connectivity index (χ2v) is 4.50. The third-order valence-electron chi connectivity index (χ3n) is 2.74. The minimum Gasteiger partial charge on any atom is -0.383 e. The number of hydrogen-bond donors (Lipinski definition) is 1. The summed E-state index contributed by atoms with van der Waals surface area (Å²) < 4.78 is 6.83. The van der Waals surface area contributed by atoms with Gasteiger partial charge in [-0.05, 0) is 11.6 Å². The van der Waals surface area contributed by atoms with E-state index in [1.54, 1.807) is 13.4 Å². The summed E-state index contributed by atoms with van der Waals surface area (Å²) in [6, 6.07) is 7.76. The molecule has 0 spiro atoms. The normalized spacial score (nSPS) is 10.8. The van der Waals surface area contributed by atoms with Crippen LogP contribution in [0.2, 0.25) is 5.02 Å². The van der Waals surface area contributed by atoms with Crippen LogP contribution in [0, 0.1) is 0 Å². The summed E-state index contributed by atoms with van der Waals surface area (Å²) >= 11 is 6.15. The zero-order chi connectivity index (χ0) is 13.5. The summed E-state index contributed by atoms with van der Waals surface area (Å²) in [5, 5.41) is 8.22. The molecule has 6 heteroatoms. The van der Waals surface area contributed by atoms with E-state index in [9.17, 15) is 0 Å². The average Bonchev–Trinajstić information content (AvgIpc) is 2.85. The van der Waals surface area contributed by atoms with Crippen LogP contribution in [0.25, 0.3) is 0 Å². The topological polar surface area (TPSA) is 52.0 Å². The van der Waals surface area contributed by atoms with Crippen LogP contribution in [0.3, 0.4) is 0 Å². The minimum absolute atomic E-state index is 0.626. The van der Waals surface area contributed by atoms with Gasteiger partial charge in [-0.2, -0.15) is 5.10 Å². The maximum Gasteiger partial charge on any atom is 0.141 e. The average molecular weight is 281 g/mol. The molecule has 1 aromatic heterocycles. The number of nitrogens with zero attached hydrogens (tertiary/aromatic N) is 3. The van der Waals surface area contributed by atoms with E-state index in [1.807, 2.05) is 28.9 Å². The first-order valence-corrected chi connectivity index (χ1v) is 6.49. The summed E-state index contributed by atoms with van der Waals surface area (Å²) in [6.07, 6.45) is 1.56. The van der Waals surface area contributed by atoms with E-state index < -0.39 is 0 Å². The molecule has 19 heavy (non-hydrogen) atoms. The van der Waals surface area contributed by atoms with E-state index in [2.05, 4.69) is 15.4 Å². The van der Waals surface area contributed by atoms with E-state index >= 15 is 0 Å². The summed E-state index contributed by atoms with van der Waals surface area (Å²) in [6.45, 7) is 2.75. The highest BCUT2D eigenvalue weighted by molar-refractivity contribution is 6.31. The highest BCUT2D eigenvalue weighted by atomic mass is 35.5. The molecule has 0 atom stereocenters. The third-order valence-corrected chi connectivity index (χ3v) is 3.11. The van der Waals surface area contributed by atoms with Crippen molar-refractivity contribution >= 4 is 11.6 Å². The van der Waals surface area contributed by atoms with Crippen molar-refractivity contribution in [1.82, 2.24) is 20.1 Å². The lowest BCUT2D eigenvalue weighted by Gasteiger charge is -2.08. The Hall–Kier alpha value is -1.43. The third kappa shape index (κ3) is 4.02. The molecule has 5 nitrogen and oxygen atoms in total. The van der Waals surface area contributed by atoms with E-state index in [0.717, 1.165) is 23.0 Å². The van der Waals surface area contributed by atoms with Gasteiger partial charge in [-0.3, -0.25) is 0 Å². The molecule has 1 N–H and O–H groups in total. The Morgan fingerprint density at radius 1 is 1.37 bits per heavy atom. The van der Waals surface area contributed by atoms with E-state index in [4.69, 9.17) is 16.3 Å². The van der Waals surface area contributed by atoms with Crippen molar-refractivity contribution in [2.45, 2.75) is 13.1 Å². The van der Waals surface area contributed by atoms with Crippen LogP contribution < -0.4 is 5.32 Å². The molecular formula is C13H17ClN4O. The fraction of sp³-hybridized carbons (Fsp3) is 0.385. The largest absolute Gasteiger partial charge is 0.383 e. The monoisotopic (exact) mass is 280 g/mol. The zero-order valence-electron chi connectivity index (χ0n) is 10.8. The number of halogens is 1. The van der Waals surface area contributed by atoms with Crippen LogP contribution in [0.5, 0.6) is 0 Å². The van der Waals surface area contributed by atoms with Crippen molar-refractivity contribution in [2.75, 3.05) is 20.3 Å². The summed E-state index contributed by atoms with van der Waals surface area (Å²) in [4.78, 5) is 4.25. The molecule has 0 bridgehead atoms.